The van der Waals surface area contributed by atoms with Crippen LogP contribution in [0.2, 0.25) is 0 Å². The van der Waals surface area contributed by atoms with Crippen molar-refractivity contribution in [3.63, 3.8) is 0 Å². The van der Waals surface area contributed by atoms with Gasteiger partial charge in [-0.3, -0.25) is 4.79 Å². The van der Waals surface area contributed by atoms with Crippen LogP contribution in [0.1, 0.15) is 17.2 Å². The van der Waals surface area contributed by atoms with Crippen LogP contribution in [0.3, 0.4) is 0 Å². The summed E-state index contributed by atoms with van der Waals surface area (Å²) in [5, 5.41) is 2.83. The molecule has 0 saturated heterocycles. The highest BCUT2D eigenvalue weighted by Crippen LogP contribution is 2.27. The van der Waals surface area contributed by atoms with Crippen molar-refractivity contribution in [3.8, 4) is 0 Å². The first kappa shape index (κ1) is 11.9. The molecule has 0 fully saturated rings. The minimum Gasteiger partial charge on any atom is -0.374 e. The first-order chi connectivity index (χ1) is 7.70. The summed E-state index contributed by atoms with van der Waals surface area (Å²) in [6, 6.07) is 5.88. The van der Waals surface area contributed by atoms with Crippen molar-refractivity contribution in [2.45, 2.75) is 12.6 Å². The molecule has 0 saturated carbocycles. The van der Waals surface area contributed by atoms with E-state index in [-0.39, 0.29) is 17.8 Å². The molecule has 0 aromatic heterocycles. The molecule has 2 rings (SSSR count). The van der Waals surface area contributed by atoms with E-state index in [9.17, 15) is 4.79 Å². The van der Waals surface area contributed by atoms with Crippen molar-refractivity contribution in [2.75, 3.05) is 12.5 Å². The molecule has 0 radical (unpaired) electrons. The van der Waals surface area contributed by atoms with Crippen molar-refractivity contribution in [1.82, 2.24) is 5.32 Å². The summed E-state index contributed by atoms with van der Waals surface area (Å²) in [6.07, 6.45) is 0. The van der Waals surface area contributed by atoms with Crippen LogP contribution >= 0.6 is 27.5 Å². The minimum absolute atomic E-state index is 0.0254. The maximum Gasteiger partial charge on any atom is 0.235 e. The summed E-state index contributed by atoms with van der Waals surface area (Å²) in [4.78, 5) is 11.2. The molecular formula is C11H11BrClNO2. The average molecular weight is 305 g/mol. The number of ether oxygens (including phenoxy) is 1. The second kappa shape index (κ2) is 5.17. The number of fused-ring (bicyclic) bond motifs is 1. The average Bonchev–Trinajstić information content (AvgIpc) is 2.28. The molecule has 1 amide bonds. The van der Waals surface area contributed by atoms with Crippen molar-refractivity contribution in [2.24, 2.45) is 0 Å². The molecule has 1 N–H and O–H groups in total. The second-order valence-electron chi connectivity index (χ2n) is 3.61. The number of hydrogen-bond acceptors (Lipinski definition) is 2. The summed E-state index contributed by atoms with van der Waals surface area (Å²) in [5.41, 5.74) is 2.20. The third-order valence-corrected chi connectivity index (χ3v) is 3.22. The van der Waals surface area contributed by atoms with Crippen LogP contribution < -0.4 is 5.32 Å². The molecule has 16 heavy (non-hydrogen) atoms. The van der Waals surface area contributed by atoms with Gasteiger partial charge in [0, 0.05) is 4.47 Å². The van der Waals surface area contributed by atoms with Crippen molar-refractivity contribution in [1.29, 1.82) is 0 Å². The van der Waals surface area contributed by atoms with Crippen LogP contribution in [0, 0.1) is 0 Å². The first-order valence-electron chi connectivity index (χ1n) is 4.92. The van der Waals surface area contributed by atoms with Gasteiger partial charge in [-0.05, 0) is 23.3 Å². The van der Waals surface area contributed by atoms with Gasteiger partial charge in [0.15, 0.2) is 0 Å². The molecule has 3 nitrogen and oxygen atoms in total. The highest BCUT2D eigenvalue weighted by molar-refractivity contribution is 9.10. The first-order valence-corrected chi connectivity index (χ1v) is 6.25. The van der Waals surface area contributed by atoms with Crippen LogP contribution in [0.4, 0.5) is 0 Å². The van der Waals surface area contributed by atoms with Crippen molar-refractivity contribution in [3.05, 3.63) is 33.8 Å². The van der Waals surface area contributed by atoms with E-state index < -0.39 is 0 Å². The molecule has 1 aliphatic rings. The summed E-state index contributed by atoms with van der Waals surface area (Å²) in [6.45, 7) is 1.08. The number of nitrogens with one attached hydrogen (secondary N) is 1. The summed E-state index contributed by atoms with van der Waals surface area (Å²) >= 11 is 8.87. The lowest BCUT2D eigenvalue weighted by molar-refractivity contribution is -0.120. The zero-order chi connectivity index (χ0) is 11.5. The van der Waals surface area contributed by atoms with Crippen molar-refractivity contribution < 1.29 is 9.53 Å². The third-order valence-electron chi connectivity index (χ3n) is 2.48. The predicted octanol–water partition coefficient (Wildman–Crippen LogP) is 2.38. The molecule has 1 aromatic rings. The molecule has 0 spiro atoms. The van der Waals surface area contributed by atoms with E-state index >= 15 is 0 Å². The molecule has 0 unspecified atom stereocenters. The number of carbonyl (C=O) groups is 1. The fourth-order valence-corrected chi connectivity index (χ4v) is 2.25. The van der Waals surface area contributed by atoms with Crippen LogP contribution in [0.15, 0.2) is 22.7 Å². The fourth-order valence-electron chi connectivity index (χ4n) is 1.77. The van der Waals surface area contributed by atoms with Crippen LogP contribution in [-0.2, 0) is 16.1 Å². The molecule has 1 aliphatic heterocycles. The number of carbonyl (C=O) groups excluding carboxylic acids is 1. The maximum absolute atomic E-state index is 11.2. The van der Waals surface area contributed by atoms with Gasteiger partial charge >= 0.3 is 0 Å². The summed E-state index contributed by atoms with van der Waals surface area (Å²) in [7, 11) is 0. The Labute approximate surface area is 107 Å². The van der Waals surface area contributed by atoms with Gasteiger partial charge < -0.3 is 10.1 Å². The Bertz CT molecular complexity index is 411. The van der Waals surface area contributed by atoms with Gasteiger partial charge in [0.1, 0.15) is 5.88 Å². The van der Waals surface area contributed by atoms with E-state index in [1.54, 1.807) is 0 Å². The van der Waals surface area contributed by atoms with Crippen molar-refractivity contribution >= 4 is 33.4 Å². The van der Waals surface area contributed by atoms with E-state index in [0.717, 1.165) is 15.6 Å². The number of benzene rings is 1. The van der Waals surface area contributed by atoms with Gasteiger partial charge in [0.05, 0.1) is 19.3 Å². The summed E-state index contributed by atoms with van der Waals surface area (Å²) in [5.74, 6) is -0.200. The Kier molecular flexibility index (Phi) is 3.84. The van der Waals surface area contributed by atoms with Gasteiger partial charge in [-0.25, -0.2) is 0 Å². The van der Waals surface area contributed by atoms with Gasteiger partial charge in [0.25, 0.3) is 0 Å². The van der Waals surface area contributed by atoms with Gasteiger partial charge in [-0.15, -0.1) is 11.6 Å². The molecule has 1 heterocycles. The van der Waals surface area contributed by atoms with Gasteiger partial charge in [0.2, 0.25) is 5.91 Å². The van der Waals surface area contributed by atoms with E-state index in [0.29, 0.717) is 13.2 Å². The number of amides is 1. The SMILES string of the molecule is O=C(CCl)N[C@H]1COCc2cc(Br)ccc21. The van der Waals surface area contributed by atoms with Gasteiger partial charge in [-0.2, -0.15) is 0 Å². The highest BCUT2D eigenvalue weighted by Gasteiger charge is 2.21. The number of rotatable bonds is 2. The number of hydrogen-bond donors (Lipinski definition) is 1. The zero-order valence-electron chi connectivity index (χ0n) is 8.50. The molecule has 5 heteroatoms. The second-order valence-corrected chi connectivity index (χ2v) is 4.79. The van der Waals surface area contributed by atoms with Gasteiger partial charge in [-0.1, -0.05) is 22.0 Å². The quantitative estimate of drug-likeness (QED) is 0.852. The largest absolute Gasteiger partial charge is 0.374 e. The molecule has 86 valence electrons. The molecule has 0 aliphatic carbocycles. The molecule has 1 aromatic carbocycles. The Balaban J connectivity index is 2.23. The molecule has 0 bridgehead atoms. The smallest absolute Gasteiger partial charge is 0.235 e. The van der Waals surface area contributed by atoms with E-state index in [4.69, 9.17) is 16.3 Å². The normalized spacial score (nSPS) is 19.0. The zero-order valence-corrected chi connectivity index (χ0v) is 10.8. The number of halogens is 2. The number of alkyl halides is 1. The minimum atomic E-state index is -0.175. The molecule has 1 atom stereocenters. The lowest BCUT2D eigenvalue weighted by atomic mass is 9.99. The Hall–Kier alpha value is -0.580. The standard InChI is InChI=1S/C11H11BrClNO2/c12-8-1-2-9-7(3-8)5-16-6-10(9)14-11(15)4-13/h1-3,10H,4-6H2,(H,14,15)/t10-/m0/s1. The lowest BCUT2D eigenvalue weighted by Crippen LogP contribution is -2.34. The van der Waals surface area contributed by atoms with Crippen LogP contribution in [0.25, 0.3) is 0 Å². The fraction of sp³-hybridized carbons (Fsp3) is 0.364. The Morgan fingerprint density at radius 1 is 1.62 bits per heavy atom. The summed E-state index contributed by atoms with van der Waals surface area (Å²) < 4.78 is 6.44. The Morgan fingerprint density at radius 3 is 3.19 bits per heavy atom. The monoisotopic (exact) mass is 303 g/mol. The van der Waals surface area contributed by atoms with E-state index in [2.05, 4.69) is 21.2 Å². The van der Waals surface area contributed by atoms with E-state index in [1.807, 2.05) is 18.2 Å². The Morgan fingerprint density at radius 2 is 2.44 bits per heavy atom. The third kappa shape index (κ3) is 2.56. The highest BCUT2D eigenvalue weighted by atomic mass is 79.9. The molecular weight excluding hydrogens is 293 g/mol. The predicted molar refractivity (Wildman–Crippen MR) is 65.4 cm³/mol. The lowest BCUT2D eigenvalue weighted by Gasteiger charge is -2.26. The topological polar surface area (TPSA) is 38.3 Å². The van der Waals surface area contributed by atoms with Crippen LogP contribution in [-0.4, -0.2) is 18.4 Å². The van der Waals surface area contributed by atoms with Crippen LogP contribution in [0.5, 0.6) is 0 Å². The maximum atomic E-state index is 11.2. The van der Waals surface area contributed by atoms with E-state index in [1.165, 1.54) is 0 Å².